The number of benzene rings is 3. The number of amides is 3. The fourth-order valence-electron chi connectivity index (χ4n) is 4.56. The summed E-state index contributed by atoms with van der Waals surface area (Å²) in [6.45, 7) is 4.50. The Balaban J connectivity index is 1.64. The summed E-state index contributed by atoms with van der Waals surface area (Å²) < 4.78 is 5.81. The summed E-state index contributed by atoms with van der Waals surface area (Å²) in [6, 6.07) is 23.1. The van der Waals surface area contributed by atoms with Crippen LogP contribution in [0.3, 0.4) is 0 Å². The molecule has 7 nitrogen and oxygen atoms in total. The monoisotopic (exact) mass is 533 g/mol. The quantitative estimate of drug-likeness (QED) is 0.363. The lowest BCUT2D eigenvalue weighted by atomic mass is 9.99. The van der Waals surface area contributed by atoms with Gasteiger partial charge in [0, 0.05) is 30.7 Å². The van der Waals surface area contributed by atoms with Crippen molar-refractivity contribution in [2.24, 2.45) is 5.92 Å². The molecular weight excluding hydrogens is 502 g/mol. The van der Waals surface area contributed by atoms with Crippen molar-refractivity contribution in [1.82, 2.24) is 9.80 Å². The van der Waals surface area contributed by atoms with Crippen molar-refractivity contribution in [3.8, 4) is 0 Å². The van der Waals surface area contributed by atoms with Gasteiger partial charge in [-0.3, -0.25) is 14.5 Å². The number of nitrogens with one attached hydrogen (secondary N) is 1. The molecule has 8 heteroatoms. The number of hydrogen-bond acceptors (Lipinski definition) is 4. The first kappa shape index (κ1) is 27.2. The fraction of sp³-hybridized carbons (Fsp3) is 0.300. The van der Waals surface area contributed by atoms with E-state index in [2.05, 4.69) is 5.32 Å². The minimum atomic E-state index is -0.906. The third-order valence-electron chi connectivity index (χ3n) is 6.31. The second kappa shape index (κ2) is 12.1. The van der Waals surface area contributed by atoms with Crippen LogP contribution in [0.15, 0.2) is 78.9 Å². The minimum Gasteiger partial charge on any atom is -0.438 e. The van der Waals surface area contributed by atoms with Gasteiger partial charge in [-0.1, -0.05) is 80.0 Å². The largest absolute Gasteiger partial charge is 0.438 e. The van der Waals surface area contributed by atoms with Crippen molar-refractivity contribution in [1.29, 1.82) is 0 Å². The molecule has 0 bridgehead atoms. The summed E-state index contributed by atoms with van der Waals surface area (Å²) in [5.41, 5.74) is 2.97. The summed E-state index contributed by atoms with van der Waals surface area (Å²) in [5.74, 6) is -0.129. The molecule has 0 radical (unpaired) electrons. The molecule has 1 saturated heterocycles. The van der Waals surface area contributed by atoms with E-state index >= 15 is 0 Å². The Morgan fingerprint density at radius 1 is 1.00 bits per heavy atom. The van der Waals surface area contributed by atoms with E-state index in [9.17, 15) is 14.4 Å². The van der Waals surface area contributed by atoms with Crippen LogP contribution in [-0.4, -0.2) is 40.8 Å². The molecule has 1 aliphatic heterocycles. The van der Waals surface area contributed by atoms with Crippen molar-refractivity contribution in [2.75, 3.05) is 12.4 Å². The molecule has 0 aromatic heterocycles. The summed E-state index contributed by atoms with van der Waals surface area (Å²) in [6.07, 6.45) is -1.05. The number of ether oxygens (including phenoxy) is 1. The Bertz CT molecular complexity index is 1300. The fourth-order valence-corrected chi connectivity index (χ4v) is 4.78. The SMILES string of the molecule is CC(C)CC(=O)Nc1cccc(C2OC(=O)N(Cc3cccc(Cl)c3)C2C(=O)N(C)Cc2ccccc2)c1. The van der Waals surface area contributed by atoms with E-state index in [1.165, 1.54) is 4.90 Å². The van der Waals surface area contributed by atoms with E-state index in [1.54, 1.807) is 54.4 Å². The van der Waals surface area contributed by atoms with E-state index in [4.69, 9.17) is 16.3 Å². The molecule has 3 amide bonds. The van der Waals surface area contributed by atoms with Crippen molar-refractivity contribution in [2.45, 2.75) is 45.5 Å². The van der Waals surface area contributed by atoms with Gasteiger partial charge in [0.05, 0.1) is 6.54 Å². The first-order chi connectivity index (χ1) is 18.2. The Kier molecular flexibility index (Phi) is 8.69. The number of anilines is 1. The summed E-state index contributed by atoms with van der Waals surface area (Å²) >= 11 is 6.18. The molecule has 4 rings (SSSR count). The van der Waals surface area contributed by atoms with Gasteiger partial charge in [0.2, 0.25) is 11.8 Å². The molecule has 1 fully saturated rings. The number of hydrogen-bond donors (Lipinski definition) is 1. The number of likely N-dealkylation sites (N-methyl/N-ethyl adjacent to an activating group) is 1. The van der Waals surface area contributed by atoms with Crippen LogP contribution in [-0.2, 0) is 27.4 Å². The number of cyclic esters (lactones) is 1. The molecule has 1 heterocycles. The van der Waals surface area contributed by atoms with Crippen molar-refractivity contribution >= 4 is 35.2 Å². The van der Waals surface area contributed by atoms with Crippen LogP contribution in [0, 0.1) is 5.92 Å². The highest BCUT2D eigenvalue weighted by Crippen LogP contribution is 2.36. The summed E-state index contributed by atoms with van der Waals surface area (Å²) in [7, 11) is 1.72. The molecule has 3 aromatic rings. The first-order valence-corrected chi connectivity index (χ1v) is 13.0. The van der Waals surface area contributed by atoms with Crippen LogP contribution in [0.1, 0.15) is 43.1 Å². The number of carbonyl (C=O) groups is 3. The van der Waals surface area contributed by atoms with E-state index < -0.39 is 18.2 Å². The number of carbonyl (C=O) groups excluding carboxylic acids is 3. The highest BCUT2D eigenvalue weighted by atomic mass is 35.5. The summed E-state index contributed by atoms with van der Waals surface area (Å²) in [4.78, 5) is 42.4. The topological polar surface area (TPSA) is 79.0 Å². The van der Waals surface area contributed by atoms with Gasteiger partial charge < -0.3 is 15.0 Å². The predicted molar refractivity (Wildman–Crippen MR) is 147 cm³/mol. The van der Waals surface area contributed by atoms with Gasteiger partial charge in [-0.05, 0) is 46.9 Å². The molecular formula is C30H32ClN3O4. The molecule has 0 saturated carbocycles. The van der Waals surface area contributed by atoms with Crippen molar-refractivity contribution < 1.29 is 19.1 Å². The number of halogens is 1. The zero-order chi connectivity index (χ0) is 27.2. The number of rotatable bonds is 9. The van der Waals surface area contributed by atoms with Crippen LogP contribution < -0.4 is 5.32 Å². The van der Waals surface area contributed by atoms with Crippen LogP contribution in [0.5, 0.6) is 0 Å². The maximum Gasteiger partial charge on any atom is 0.411 e. The van der Waals surface area contributed by atoms with Gasteiger partial charge in [-0.2, -0.15) is 0 Å². The Morgan fingerprint density at radius 3 is 2.42 bits per heavy atom. The Hall–Kier alpha value is -3.84. The first-order valence-electron chi connectivity index (χ1n) is 12.6. The minimum absolute atomic E-state index is 0.0987. The normalized spacial score (nSPS) is 16.9. The van der Waals surface area contributed by atoms with Gasteiger partial charge >= 0.3 is 6.09 Å². The zero-order valence-corrected chi connectivity index (χ0v) is 22.5. The van der Waals surface area contributed by atoms with Gasteiger partial charge in [0.25, 0.3) is 0 Å². The third kappa shape index (κ3) is 6.72. The maximum atomic E-state index is 13.9. The molecule has 0 spiro atoms. The van der Waals surface area contributed by atoms with Gasteiger partial charge in [0.15, 0.2) is 12.1 Å². The highest BCUT2D eigenvalue weighted by Gasteiger charge is 2.48. The molecule has 2 atom stereocenters. The van der Waals surface area contributed by atoms with Crippen LogP contribution in [0.4, 0.5) is 10.5 Å². The molecule has 0 aliphatic carbocycles. The smallest absolute Gasteiger partial charge is 0.411 e. The van der Waals surface area contributed by atoms with E-state index in [0.29, 0.717) is 29.2 Å². The second-order valence-electron chi connectivity index (χ2n) is 9.96. The lowest BCUT2D eigenvalue weighted by molar-refractivity contribution is -0.136. The number of nitrogens with zero attached hydrogens (tertiary/aromatic N) is 2. The average molecular weight is 534 g/mol. The lowest BCUT2D eigenvalue weighted by Gasteiger charge is -2.28. The second-order valence-corrected chi connectivity index (χ2v) is 10.4. The lowest BCUT2D eigenvalue weighted by Crippen LogP contribution is -2.46. The van der Waals surface area contributed by atoms with Crippen molar-refractivity contribution in [3.63, 3.8) is 0 Å². The highest BCUT2D eigenvalue weighted by molar-refractivity contribution is 6.30. The zero-order valence-electron chi connectivity index (χ0n) is 21.8. The predicted octanol–water partition coefficient (Wildman–Crippen LogP) is 6.05. The van der Waals surface area contributed by atoms with Gasteiger partial charge in [-0.15, -0.1) is 0 Å². The standard InChI is InChI=1S/C30H32ClN3O4/c1-20(2)15-26(35)32-25-14-8-12-23(17-25)28-27(29(36)33(3)18-21-9-5-4-6-10-21)34(30(37)38-28)19-22-11-7-13-24(31)16-22/h4-14,16-17,20,27-28H,15,18-19H2,1-3H3,(H,32,35). The van der Waals surface area contributed by atoms with Crippen LogP contribution in [0.25, 0.3) is 0 Å². The molecule has 198 valence electrons. The van der Waals surface area contributed by atoms with Gasteiger partial charge in [0.1, 0.15) is 0 Å². The molecule has 3 aromatic carbocycles. The molecule has 38 heavy (non-hydrogen) atoms. The van der Waals surface area contributed by atoms with E-state index in [-0.39, 0.29) is 24.3 Å². The summed E-state index contributed by atoms with van der Waals surface area (Å²) in [5, 5.41) is 3.44. The maximum absolute atomic E-state index is 13.9. The van der Waals surface area contributed by atoms with E-state index in [1.807, 2.05) is 50.2 Å². The van der Waals surface area contributed by atoms with Gasteiger partial charge in [-0.25, -0.2) is 4.79 Å². The van der Waals surface area contributed by atoms with Crippen LogP contribution >= 0.6 is 11.6 Å². The Morgan fingerprint density at radius 2 is 1.71 bits per heavy atom. The van der Waals surface area contributed by atoms with Crippen LogP contribution in [0.2, 0.25) is 5.02 Å². The Labute approximate surface area is 228 Å². The molecule has 2 unspecified atom stereocenters. The van der Waals surface area contributed by atoms with E-state index in [0.717, 1.165) is 11.1 Å². The molecule has 1 N–H and O–H groups in total. The average Bonchev–Trinajstić information content (AvgIpc) is 3.19. The van der Waals surface area contributed by atoms with Crippen molar-refractivity contribution in [3.05, 3.63) is 101 Å². The molecule has 1 aliphatic rings. The third-order valence-corrected chi connectivity index (χ3v) is 6.55.